The predicted octanol–water partition coefficient (Wildman–Crippen LogP) is 5.04. The standard InChI is InChI=1S/C96H154O39P2/c1-17-52(2)28-18-29-53(3)30-19-31-54(4)32-20-33-55(5)34-21-35-56(6)36-22-37-57(7)38-23-39-58(8)40-24-41-59(9)42-25-43-60(10)44-26-45-61(11)46-27-47-62(12)50-120-136(115,116)135-137(117,118)134-94-78(109)84(70(101)67(49-98)125-94)130-92-79(110)86(123-65(15)99)81(64(14)122-92)128-89-74(105)71(102)80(63(13)121-89)127-93-77(108)83(69(100)66(48-97)124-93)129-91-76(107)73(104)85(87(132-91)88(111)112)131-90-75(106)72(103)82-68(126-90)51-119-96(16,133-82)95(113)114/h17,29,31,33,35,37,39,41,43,45,47,63-64,66-87,89-94,97-98,100-110H,18-28,30,32,34,36,38,40,42,44,46,48-51H2,1-16H3,(H,111,112)(H,113,114)(H,115,116)(H,117,118)/p-4/b52-17-,53-29-,54-31-,55-33-,56-35-,57-37-,58-39-,59-41-,60-43+,61-45+,62-47+/t63-,64+,66-,67-,68+,69+,70-,71-,72+,73-,74-,75+,76-,77-,78-,79+,80+,81-,82-,83+,84+,85+,86+,87+,89+,90-,91-,92+,93+,94+,96+/m0/s1. The van der Waals surface area contributed by atoms with E-state index in [1.54, 1.807) is 13.0 Å². The molecule has 0 radical (unpaired) electrons. The predicted molar refractivity (Wildman–Crippen MR) is 485 cm³/mol. The van der Waals surface area contributed by atoms with Gasteiger partial charge in [0.25, 0.3) is 15.6 Å². The largest absolute Gasteiger partial charge is 0.756 e. The third-order valence-electron chi connectivity index (χ3n) is 25.3. The highest BCUT2D eigenvalue weighted by Crippen LogP contribution is 2.57. The fraction of sp³-hybridized carbons (Fsp3) is 0.740. The van der Waals surface area contributed by atoms with Crippen molar-refractivity contribution in [2.24, 2.45) is 0 Å². The highest BCUT2D eigenvalue weighted by molar-refractivity contribution is 7.59. The molecule has 0 bridgehead atoms. The van der Waals surface area contributed by atoms with Gasteiger partial charge in [-0.1, -0.05) is 128 Å². The van der Waals surface area contributed by atoms with Gasteiger partial charge in [0.2, 0.25) is 5.79 Å². The molecule has 7 rings (SSSR count). The number of carbonyl (C=O) groups excluding carboxylic acids is 3. The van der Waals surface area contributed by atoms with Gasteiger partial charge in [0.15, 0.2) is 43.8 Å². The number of aliphatic carboxylic acids is 2. The van der Waals surface area contributed by atoms with Gasteiger partial charge >= 0.3 is 5.97 Å². The quantitative estimate of drug-likeness (QED) is 0.0215. The number of carboxylic acid groups (broad SMARTS) is 2. The van der Waals surface area contributed by atoms with Crippen molar-refractivity contribution >= 4 is 33.6 Å². The van der Waals surface area contributed by atoms with Crippen molar-refractivity contribution in [2.45, 2.75) is 429 Å². The van der Waals surface area contributed by atoms with E-state index in [4.69, 9.17) is 75.4 Å². The lowest BCUT2D eigenvalue weighted by molar-refractivity contribution is -0.419. The van der Waals surface area contributed by atoms with E-state index in [2.05, 4.69) is 134 Å². The molecule has 0 aromatic rings. The second kappa shape index (κ2) is 56.9. The molecule has 0 aromatic heterocycles. The number of carboxylic acids is 2. The average Bonchev–Trinajstić information content (AvgIpc) is 0.782. The van der Waals surface area contributed by atoms with Gasteiger partial charge in [0, 0.05) is 6.92 Å². The zero-order valence-corrected chi connectivity index (χ0v) is 83.3. The van der Waals surface area contributed by atoms with E-state index in [-0.39, 0.29) is 0 Å². The third-order valence-corrected chi connectivity index (χ3v) is 27.8. The minimum Gasteiger partial charge on any atom is -0.756 e. The van der Waals surface area contributed by atoms with Crippen LogP contribution in [0.15, 0.2) is 128 Å². The molecule has 7 aliphatic rings. The molecule has 7 aliphatic heterocycles. The van der Waals surface area contributed by atoms with Crippen LogP contribution < -0.4 is 20.0 Å². The van der Waals surface area contributed by atoms with Crippen LogP contribution in [-0.2, 0) is 103 Å². The molecule has 2 unspecified atom stereocenters. The van der Waals surface area contributed by atoms with E-state index in [0.29, 0.717) is 18.4 Å². The molecule has 782 valence electrons. The maximum Gasteiger partial charge on any atom is 0.303 e. The first-order valence-corrected chi connectivity index (χ1v) is 50.1. The Morgan fingerprint density at radius 3 is 1.09 bits per heavy atom. The monoisotopic (exact) mass is 1990 g/mol. The Morgan fingerprint density at radius 1 is 0.380 bits per heavy atom. The number of hydrogen-bond donors (Lipinski definition) is 13. The number of esters is 1. The summed E-state index contributed by atoms with van der Waals surface area (Å²) in [6.45, 7) is 26.5. The number of phosphoric ester groups is 2. The molecule has 0 aliphatic carbocycles. The van der Waals surface area contributed by atoms with Gasteiger partial charge in [0.1, 0.15) is 134 Å². The fourth-order valence-corrected chi connectivity index (χ4v) is 18.7. The maximum absolute atomic E-state index is 13.3. The molecular formula is C96H150O39P2-4. The molecule has 41 heteroatoms. The molecule has 33 atom stereocenters. The van der Waals surface area contributed by atoms with Crippen molar-refractivity contribution in [3.63, 3.8) is 0 Å². The minimum absolute atomic E-state index is 0.390. The topological polar surface area (TPSA) is 597 Å². The Morgan fingerprint density at radius 2 is 0.701 bits per heavy atom. The molecule has 0 saturated carbocycles. The Bertz CT molecular complexity index is 4270. The van der Waals surface area contributed by atoms with E-state index >= 15 is 0 Å². The first-order chi connectivity index (χ1) is 64.5. The summed E-state index contributed by atoms with van der Waals surface area (Å²) in [4.78, 5) is 63.2. The van der Waals surface area contributed by atoms with Gasteiger partial charge < -0.3 is 167 Å². The van der Waals surface area contributed by atoms with Gasteiger partial charge in [-0.15, -0.1) is 0 Å². The molecule has 7 fully saturated rings. The number of carbonyl (C=O) groups is 3. The van der Waals surface area contributed by atoms with Crippen LogP contribution >= 0.6 is 15.6 Å². The second-order valence-corrected chi connectivity index (χ2v) is 40.1. The number of allylic oxidation sites excluding steroid dienone is 21. The van der Waals surface area contributed by atoms with Crippen molar-refractivity contribution in [2.75, 3.05) is 26.4 Å². The number of phosphoric acid groups is 2. The highest BCUT2D eigenvalue weighted by Gasteiger charge is 2.60. The normalized spacial score (nSPS) is 36.2. The van der Waals surface area contributed by atoms with Crippen molar-refractivity contribution in [1.29, 1.82) is 0 Å². The zero-order chi connectivity index (χ0) is 102. The summed E-state index contributed by atoms with van der Waals surface area (Å²) in [5.41, 5.74) is 14.3. The zero-order valence-electron chi connectivity index (χ0n) is 81.5. The van der Waals surface area contributed by atoms with Gasteiger partial charge in [-0.25, -0.2) is 4.31 Å². The molecule has 7 heterocycles. The number of fused-ring (bicyclic) bond motifs is 1. The van der Waals surface area contributed by atoms with Gasteiger partial charge in [-0.2, -0.15) is 0 Å². The minimum atomic E-state index is -6.15. The summed E-state index contributed by atoms with van der Waals surface area (Å²) in [5, 5.41) is 170. The Hall–Kier alpha value is -5.23. The molecule has 0 amide bonds. The molecule has 0 spiro atoms. The Labute approximate surface area is 803 Å². The summed E-state index contributed by atoms with van der Waals surface area (Å²) in [6, 6.07) is 0. The number of rotatable bonds is 52. The third kappa shape index (κ3) is 36.8. The number of hydrogen-bond acceptors (Lipinski definition) is 39. The van der Waals surface area contributed by atoms with E-state index in [9.17, 15) is 110 Å². The van der Waals surface area contributed by atoms with Gasteiger partial charge in [-0.05, 0) is 232 Å². The lowest BCUT2D eigenvalue weighted by Crippen LogP contribution is -2.70. The summed E-state index contributed by atoms with van der Waals surface area (Å²) in [5.74, 6) is -7.47. The Kier molecular flexibility index (Phi) is 49.3. The summed E-state index contributed by atoms with van der Waals surface area (Å²) >= 11 is 0. The summed E-state index contributed by atoms with van der Waals surface area (Å²) in [6.07, 6.45) is -16.6. The maximum atomic E-state index is 13.3. The van der Waals surface area contributed by atoms with Crippen LogP contribution in [0.2, 0.25) is 0 Å². The first-order valence-electron chi connectivity index (χ1n) is 47.2. The lowest BCUT2D eigenvalue weighted by atomic mass is 9.95. The summed E-state index contributed by atoms with van der Waals surface area (Å²) in [7, 11) is -11.9. The van der Waals surface area contributed by atoms with Crippen molar-refractivity contribution in [3.05, 3.63) is 128 Å². The first kappa shape index (κ1) is 119. The molecule has 137 heavy (non-hydrogen) atoms. The molecule has 0 aromatic carbocycles. The number of ether oxygens (including phenoxy) is 14. The fourth-order valence-electron chi connectivity index (χ4n) is 16.6. The van der Waals surface area contributed by atoms with E-state index < -0.39 is 250 Å². The van der Waals surface area contributed by atoms with Crippen molar-refractivity contribution < 1.29 is 190 Å². The van der Waals surface area contributed by atoms with Crippen LogP contribution in [0.5, 0.6) is 0 Å². The van der Waals surface area contributed by atoms with Crippen LogP contribution in [-0.4, -0.2) is 301 Å². The van der Waals surface area contributed by atoms with Gasteiger partial charge in [-0.3, -0.25) is 18.4 Å². The number of aliphatic hydroxyl groups excluding tert-OH is 13. The van der Waals surface area contributed by atoms with Crippen LogP contribution in [0.4, 0.5) is 0 Å². The van der Waals surface area contributed by atoms with Crippen LogP contribution in [0, 0.1) is 0 Å². The van der Waals surface area contributed by atoms with Crippen molar-refractivity contribution in [3.8, 4) is 0 Å². The molecular weight excluding hydrogens is 1840 g/mol. The molecule has 13 N–H and O–H groups in total. The molecule has 7 saturated heterocycles. The summed E-state index contributed by atoms with van der Waals surface area (Å²) < 4.78 is 119. The van der Waals surface area contributed by atoms with Crippen LogP contribution in [0.3, 0.4) is 0 Å². The van der Waals surface area contributed by atoms with Crippen LogP contribution in [0.25, 0.3) is 0 Å². The average molecular weight is 1990 g/mol. The van der Waals surface area contributed by atoms with Crippen molar-refractivity contribution in [1.82, 2.24) is 0 Å². The van der Waals surface area contributed by atoms with Crippen LogP contribution in [0.1, 0.15) is 239 Å². The van der Waals surface area contributed by atoms with E-state index in [1.807, 2.05) is 6.92 Å². The highest BCUT2D eigenvalue weighted by atomic mass is 31.3. The van der Waals surface area contributed by atoms with E-state index in [1.165, 1.54) is 64.0 Å². The SMILES string of the molecule is C/C=C(/C)CC/C=C(/C)CC/C=C(/C)CC/C=C(/C)CC/C=C(/C)CC/C=C(/C)CC/C=C(/C)CC/C=C(/C)CC/C=C(\C)CC/C=C(\C)CC/C=C(\C)COP(=O)([O-])OP(=O)([O-])O[C@H]1O[C@@H](CO)[C@H](O)[C@@H](O[C@H]2O[C@H](C)[C@H](O[C@H]3O[C@@H](C)[C@@H](O[C@H]4O[C@@H](CO)[C@@H](O)[C@@H](O[C@H]5O[C@@H](C(=O)[O-])[C@H](O[C@@H]6O[C@@H]7CO[C@@](C)(C(=O)[O-])O[C@@H]7[C@H](O)[C@H]6O)[C@@H](O)[C@@H]5O)[C@@H]4O)[C@@H](O)[C@@H]3O)[C@H](OC(C)=O)[C@H]2O)[C@@H]1O. The van der Waals surface area contributed by atoms with Gasteiger partial charge in [0.05, 0.1) is 44.6 Å². The van der Waals surface area contributed by atoms with E-state index in [0.717, 1.165) is 135 Å². The number of aliphatic hydroxyl groups is 13. The molecule has 39 nitrogen and oxygen atoms in total. The Balaban J connectivity index is 0.803. The smallest absolute Gasteiger partial charge is 0.303 e. The lowest BCUT2D eigenvalue weighted by Gasteiger charge is -2.51. The second-order valence-electron chi connectivity index (χ2n) is 37.1.